The standard InChI is InChI=1S/C21H17N3O3/c1-26-19-10-8-15(9-11-19)20-17(12-16(13-22)21(25)27-2)14-24(23-20)18-6-4-3-5-7-18/h3-12,14H,1-2H3. The van der Waals surface area contributed by atoms with Crippen molar-refractivity contribution in [3.05, 3.63) is 71.9 Å². The summed E-state index contributed by atoms with van der Waals surface area (Å²) < 4.78 is 11.6. The van der Waals surface area contributed by atoms with Crippen LogP contribution in [0.5, 0.6) is 5.75 Å². The van der Waals surface area contributed by atoms with Gasteiger partial charge in [0.1, 0.15) is 17.4 Å². The Morgan fingerprint density at radius 2 is 1.81 bits per heavy atom. The summed E-state index contributed by atoms with van der Waals surface area (Å²) in [6, 6.07) is 18.9. The average Bonchev–Trinajstić information content (AvgIpc) is 3.16. The number of hydrogen-bond acceptors (Lipinski definition) is 5. The highest BCUT2D eigenvalue weighted by molar-refractivity contribution is 5.98. The lowest BCUT2D eigenvalue weighted by Gasteiger charge is -2.03. The quantitative estimate of drug-likeness (QED) is 0.395. The van der Waals surface area contributed by atoms with Crippen molar-refractivity contribution < 1.29 is 14.3 Å². The number of aromatic nitrogens is 2. The van der Waals surface area contributed by atoms with Gasteiger partial charge in [0.2, 0.25) is 0 Å². The Morgan fingerprint density at radius 1 is 1.11 bits per heavy atom. The van der Waals surface area contributed by atoms with Gasteiger partial charge < -0.3 is 9.47 Å². The third kappa shape index (κ3) is 3.88. The predicted molar refractivity (Wildman–Crippen MR) is 101 cm³/mol. The van der Waals surface area contributed by atoms with Crippen molar-refractivity contribution in [2.45, 2.75) is 0 Å². The minimum Gasteiger partial charge on any atom is -0.497 e. The third-order valence-electron chi connectivity index (χ3n) is 3.95. The molecule has 0 saturated carbocycles. The second-order valence-corrected chi connectivity index (χ2v) is 5.60. The van der Waals surface area contributed by atoms with E-state index in [-0.39, 0.29) is 5.57 Å². The maximum absolute atomic E-state index is 11.8. The summed E-state index contributed by atoms with van der Waals surface area (Å²) in [6.45, 7) is 0. The van der Waals surface area contributed by atoms with Crippen LogP contribution in [0.4, 0.5) is 0 Å². The number of benzene rings is 2. The largest absolute Gasteiger partial charge is 0.497 e. The summed E-state index contributed by atoms with van der Waals surface area (Å²) in [5.74, 6) is 0.0382. The first-order chi connectivity index (χ1) is 13.2. The Morgan fingerprint density at radius 3 is 2.41 bits per heavy atom. The van der Waals surface area contributed by atoms with Gasteiger partial charge >= 0.3 is 5.97 Å². The van der Waals surface area contributed by atoms with Gasteiger partial charge in [0, 0.05) is 17.3 Å². The van der Waals surface area contributed by atoms with Gasteiger partial charge in [-0.1, -0.05) is 18.2 Å². The van der Waals surface area contributed by atoms with Crippen LogP contribution in [-0.4, -0.2) is 30.0 Å². The van der Waals surface area contributed by atoms with Crippen LogP contribution in [0.25, 0.3) is 23.0 Å². The number of ether oxygens (including phenoxy) is 2. The highest BCUT2D eigenvalue weighted by Crippen LogP contribution is 2.27. The number of carbonyl (C=O) groups is 1. The van der Waals surface area contributed by atoms with E-state index in [1.807, 2.05) is 60.7 Å². The molecule has 0 radical (unpaired) electrons. The maximum atomic E-state index is 11.8. The van der Waals surface area contributed by atoms with Gasteiger partial charge in [-0.3, -0.25) is 0 Å². The topological polar surface area (TPSA) is 77.1 Å². The van der Waals surface area contributed by atoms with E-state index >= 15 is 0 Å². The van der Waals surface area contributed by atoms with Crippen molar-refractivity contribution in [2.24, 2.45) is 0 Å². The molecule has 0 atom stereocenters. The Kier molecular flexibility index (Phi) is 5.33. The van der Waals surface area contributed by atoms with Gasteiger partial charge in [0.05, 0.1) is 25.6 Å². The van der Waals surface area contributed by atoms with E-state index in [9.17, 15) is 10.1 Å². The minimum absolute atomic E-state index is 0.0973. The first-order valence-electron chi connectivity index (χ1n) is 8.16. The van der Waals surface area contributed by atoms with Crippen LogP contribution in [-0.2, 0) is 9.53 Å². The molecule has 6 nitrogen and oxygen atoms in total. The van der Waals surface area contributed by atoms with Crippen molar-refractivity contribution in [1.29, 1.82) is 5.26 Å². The van der Waals surface area contributed by atoms with Crippen molar-refractivity contribution in [2.75, 3.05) is 14.2 Å². The van der Waals surface area contributed by atoms with E-state index < -0.39 is 5.97 Å². The molecule has 0 saturated heterocycles. The number of nitriles is 1. The Labute approximate surface area is 156 Å². The van der Waals surface area contributed by atoms with Crippen LogP contribution < -0.4 is 4.74 Å². The smallest absolute Gasteiger partial charge is 0.348 e. The molecule has 0 unspecified atom stereocenters. The number of hydrogen-bond donors (Lipinski definition) is 0. The lowest BCUT2D eigenvalue weighted by molar-refractivity contribution is -0.135. The molecule has 0 aliphatic carbocycles. The van der Waals surface area contributed by atoms with Crippen molar-refractivity contribution in [1.82, 2.24) is 9.78 Å². The van der Waals surface area contributed by atoms with Crippen LogP contribution in [0.15, 0.2) is 66.4 Å². The molecule has 3 rings (SSSR count). The van der Waals surface area contributed by atoms with Crippen LogP contribution in [0.2, 0.25) is 0 Å². The molecule has 6 heteroatoms. The Bertz CT molecular complexity index is 1010. The molecule has 134 valence electrons. The Balaban J connectivity index is 2.14. The second-order valence-electron chi connectivity index (χ2n) is 5.60. The molecule has 0 aliphatic rings. The van der Waals surface area contributed by atoms with Crippen molar-refractivity contribution >= 4 is 12.0 Å². The predicted octanol–water partition coefficient (Wildman–Crippen LogP) is 3.63. The normalized spacial score (nSPS) is 10.9. The molecular weight excluding hydrogens is 342 g/mol. The first kappa shape index (κ1) is 18.0. The molecule has 0 N–H and O–H groups in total. The fraction of sp³-hybridized carbons (Fsp3) is 0.0952. The molecule has 1 aromatic heterocycles. The molecular formula is C21H17N3O3. The van der Waals surface area contributed by atoms with Crippen LogP contribution in [0.3, 0.4) is 0 Å². The van der Waals surface area contributed by atoms with E-state index in [1.165, 1.54) is 13.2 Å². The fourth-order valence-corrected chi connectivity index (χ4v) is 2.58. The number of esters is 1. The summed E-state index contributed by atoms with van der Waals surface area (Å²) in [4.78, 5) is 11.8. The molecule has 0 amide bonds. The lowest BCUT2D eigenvalue weighted by Crippen LogP contribution is -2.02. The maximum Gasteiger partial charge on any atom is 0.348 e. The van der Waals surface area contributed by atoms with E-state index in [2.05, 4.69) is 9.84 Å². The number of para-hydroxylation sites is 1. The van der Waals surface area contributed by atoms with Crippen molar-refractivity contribution in [3.8, 4) is 28.8 Å². The number of methoxy groups -OCH3 is 2. The first-order valence-corrected chi connectivity index (χ1v) is 8.16. The zero-order chi connectivity index (χ0) is 19.2. The molecule has 0 fully saturated rings. The molecule has 27 heavy (non-hydrogen) atoms. The second kappa shape index (κ2) is 8.02. The Hall–Kier alpha value is -3.85. The molecule has 2 aromatic carbocycles. The monoisotopic (exact) mass is 359 g/mol. The highest BCUT2D eigenvalue weighted by atomic mass is 16.5. The summed E-state index contributed by atoms with van der Waals surface area (Å²) in [7, 11) is 2.84. The minimum atomic E-state index is -0.689. The average molecular weight is 359 g/mol. The van der Waals surface area contributed by atoms with E-state index in [1.54, 1.807) is 18.0 Å². The zero-order valence-electron chi connectivity index (χ0n) is 14.9. The van der Waals surface area contributed by atoms with Gasteiger partial charge in [0.15, 0.2) is 0 Å². The van der Waals surface area contributed by atoms with Gasteiger partial charge in [-0.05, 0) is 42.5 Å². The third-order valence-corrected chi connectivity index (χ3v) is 3.95. The van der Waals surface area contributed by atoms with Crippen molar-refractivity contribution in [3.63, 3.8) is 0 Å². The SMILES string of the molecule is COC(=O)C(C#N)=Cc1cn(-c2ccccc2)nc1-c1ccc(OC)cc1. The molecule has 3 aromatic rings. The van der Waals surface area contributed by atoms with Gasteiger partial charge in [-0.2, -0.15) is 10.4 Å². The highest BCUT2D eigenvalue weighted by Gasteiger charge is 2.15. The summed E-state index contributed by atoms with van der Waals surface area (Å²) in [5.41, 5.74) is 2.87. The lowest BCUT2D eigenvalue weighted by atomic mass is 10.1. The van der Waals surface area contributed by atoms with E-state index in [4.69, 9.17) is 4.74 Å². The number of rotatable bonds is 5. The summed E-state index contributed by atoms with van der Waals surface area (Å²) >= 11 is 0. The number of carbonyl (C=O) groups excluding carboxylic acids is 1. The molecule has 0 bridgehead atoms. The molecule has 0 aliphatic heterocycles. The van der Waals surface area contributed by atoms with Crippen LogP contribution >= 0.6 is 0 Å². The van der Waals surface area contributed by atoms with E-state index in [0.717, 1.165) is 17.0 Å². The number of nitrogens with zero attached hydrogens (tertiary/aromatic N) is 3. The fourth-order valence-electron chi connectivity index (χ4n) is 2.58. The van der Waals surface area contributed by atoms with Gasteiger partial charge in [0.25, 0.3) is 0 Å². The van der Waals surface area contributed by atoms with Crippen LogP contribution in [0, 0.1) is 11.3 Å². The summed E-state index contributed by atoms with van der Waals surface area (Å²) in [5, 5.41) is 13.9. The van der Waals surface area contributed by atoms with Crippen LogP contribution in [0.1, 0.15) is 5.56 Å². The van der Waals surface area contributed by atoms with E-state index in [0.29, 0.717) is 11.3 Å². The molecule has 0 spiro atoms. The molecule has 1 heterocycles. The summed E-state index contributed by atoms with van der Waals surface area (Å²) in [6.07, 6.45) is 3.26. The zero-order valence-corrected chi connectivity index (χ0v) is 14.9. The van der Waals surface area contributed by atoms with Gasteiger partial charge in [-0.25, -0.2) is 9.48 Å². The van der Waals surface area contributed by atoms with Gasteiger partial charge in [-0.15, -0.1) is 0 Å².